The van der Waals surface area contributed by atoms with Crippen LogP contribution in [-0.2, 0) is 4.74 Å². The lowest BCUT2D eigenvalue weighted by molar-refractivity contribution is -0.384. The van der Waals surface area contributed by atoms with Gasteiger partial charge in [0.05, 0.1) is 34.3 Å². The Balaban J connectivity index is 1.87. The highest BCUT2D eigenvalue weighted by molar-refractivity contribution is 6.31. The molecule has 2 heterocycles. The van der Waals surface area contributed by atoms with E-state index >= 15 is 0 Å². The molecule has 2 aliphatic heterocycles. The number of anilines is 1. The molecule has 7 heteroatoms. The SMILES string of the molecule is O=[N+]([O-])c1cc(F)c(Cl)cc1NC1CC2CCC1O2. The summed E-state index contributed by atoms with van der Waals surface area (Å²) in [6.07, 6.45) is 3.11. The second kappa shape index (κ2) is 4.61. The number of nitrogens with one attached hydrogen (secondary N) is 1. The van der Waals surface area contributed by atoms with Gasteiger partial charge in [0.15, 0.2) is 0 Å². The number of fused-ring (bicyclic) bond motifs is 2. The van der Waals surface area contributed by atoms with Gasteiger partial charge in [-0.15, -0.1) is 0 Å². The number of ether oxygens (including phenoxy) is 1. The summed E-state index contributed by atoms with van der Waals surface area (Å²) in [5.74, 6) is -0.789. The maximum absolute atomic E-state index is 13.3. The minimum Gasteiger partial charge on any atom is -0.374 e. The summed E-state index contributed by atoms with van der Waals surface area (Å²) in [7, 11) is 0. The van der Waals surface area contributed by atoms with E-state index in [2.05, 4.69) is 5.32 Å². The normalized spacial score (nSPS) is 28.6. The molecule has 2 bridgehead atoms. The Morgan fingerprint density at radius 3 is 2.84 bits per heavy atom. The maximum atomic E-state index is 13.3. The van der Waals surface area contributed by atoms with Crippen LogP contribution in [0, 0.1) is 15.9 Å². The molecule has 2 aliphatic rings. The van der Waals surface area contributed by atoms with E-state index in [1.807, 2.05) is 0 Å². The zero-order valence-corrected chi connectivity index (χ0v) is 10.7. The first-order chi connectivity index (χ1) is 9.04. The number of hydrogen-bond donors (Lipinski definition) is 1. The van der Waals surface area contributed by atoms with E-state index in [0.717, 1.165) is 25.3 Å². The van der Waals surface area contributed by atoms with Gasteiger partial charge in [0.1, 0.15) is 11.5 Å². The van der Waals surface area contributed by atoms with Gasteiger partial charge in [-0.25, -0.2) is 4.39 Å². The molecule has 2 fully saturated rings. The van der Waals surface area contributed by atoms with Gasteiger partial charge in [-0.3, -0.25) is 10.1 Å². The average molecular weight is 287 g/mol. The molecule has 5 nitrogen and oxygen atoms in total. The number of nitro benzene ring substituents is 1. The van der Waals surface area contributed by atoms with Gasteiger partial charge in [-0.05, 0) is 25.3 Å². The fourth-order valence-electron chi connectivity index (χ4n) is 2.79. The summed E-state index contributed by atoms with van der Waals surface area (Å²) in [6, 6.07) is 2.14. The predicted octanol–water partition coefficient (Wildman–Crippen LogP) is 3.12. The van der Waals surface area contributed by atoms with Crippen molar-refractivity contribution in [3.8, 4) is 0 Å². The fourth-order valence-corrected chi connectivity index (χ4v) is 2.96. The highest BCUT2D eigenvalue weighted by atomic mass is 35.5. The molecule has 0 spiro atoms. The van der Waals surface area contributed by atoms with Gasteiger partial charge in [0.2, 0.25) is 0 Å². The van der Waals surface area contributed by atoms with Crippen molar-refractivity contribution in [1.29, 1.82) is 0 Å². The molecule has 2 saturated heterocycles. The van der Waals surface area contributed by atoms with Crippen LogP contribution in [0.3, 0.4) is 0 Å². The molecule has 1 aromatic carbocycles. The first-order valence-electron chi connectivity index (χ1n) is 6.10. The Morgan fingerprint density at radius 2 is 2.26 bits per heavy atom. The number of nitrogens with zero attached hydrogens (tertiary/aromatic N) is 1. The number of nitro groups is 1. The lowest BCUT2D eigenvalue weighted by Gasteiger charge is -2.21. The highest BCUT2D eigenvalue weighted by Gasteiger charge is 2.41. The predicted molar refractivity (Wildman–Crippen MR) is 68.0 cm³/mol. The third-order valence-electron chi connectivity index (χ3n) is 3.68. The average Bonchev–Trinajstić information content (AvgIpc) is 2.95. The molecule has 0 saturated carbocycles. The van der Waals surface area contributed by atoms with E-state index in [1.54, 1.807) is 0 Å². The van der Waals surface area contributed by atoms with Crippen LogP contribution < -0.4 is 5.32 Å². The number of rotatable bonds is 3. The van der Waals surface area contributed by atoms with Gasteiger partial charge in [-0.1, -0.05) is 11.6 Å². The maximum Gasteiger partial charge on any atom is 0.295 e. The van der Waals surface area contributed by atoms with Crippen LogP contribution in [0.1, 0.15) is 19.3 Å². The molecule has 19 heavy (non-hydrogen) atoms. The zero-order valence-electron chi connectivity index (χ0n) is 9.94. The molecule has 0 aromatic heterocycles. The van der Waals surface area contributed by atoms with Crippen molar-refractivity contribution in [2.75, 3.05) is 5.32 Å². The summed E-state index contributed by atoms with van der Waals surface area (Å²) in [5, 5.41) is 13.9. The molecule has 0 aliphatic carbocycles. The molecule has 1 N–H and O–H groups in total. The van der Waals surface area contributed by atoms with Crippen LogP contribution >= 0.6 is 11.6 Å². The third-order valence-corrected chi connectivity index (χ3v) is 3.97. The monoisotopic (exact) mass is 286 g/mol. The number of halogens is 2. The number of hydrogen-bond acceptors (Lipinski definition) is 4. The molecule has 3 rings (SSSR count). The molecule has 3 atom stereocenters. The van der Waals surface area contributed by atoms with Crippen molar-refractivity contribution in [3.05, 3.63) is 33.1 Å². The Hall–Kier alpha value is -1.40. The molecule has 0 radical (unpaired) electrons. The Labute approximate surface area is 113 Å². The lowest BCUT2D eigenvalue weighted by Crippen LogP contribution is -2.30. The van der Waals surface area contributed by atoms with Gasteiger partial charge < -0.3 is 10.1 Å². The van der Waals surface area contributed by atoms with E-state index in [-0.39, 0.29) is 34.6 Å². The summed E-state index contributed by atoms with van der Waals surface area (Å²) in [6.45, 7) is 0. The van der Waals surface area contributed by atoms with E-state index in [0.29, 0.717) is 0 Å². The minimum atomic E-state index is -0.789. The molecule has 0 amide bonds. The topological polar surface area (TPSA) is 64.4 Å². The molecular formula is C12H12ClFN2O3. The Kier molecular flexibility index (Phi) is 3.06. The van der Waals surface area contributed by atoms with Crippen molar-refractivity contribution >= 4 is 23.0 Å². The van der Waals surface area contributed by atoms with E-state index < -0.39 is 10.7 Å². The highest BCUT2D eigenvalue weighted by Crippen LogP contribution is 2.38. The smallest absolute Gasteiger partial charge is 0.295 e. The minimum absolute atomic E-state index is 0.0268. The van der Waals surface area contributed by atoms with Gasteiger partial charge in [0, 0.05) is 0 Å². The molecule has 102 valence electrons. The van der Waals surface area contributed by atoms with Crippen LogP contribution in [0.5, 0.6) is 0 Å². The molecule has 3 unspecified atom stereocenters. The third kappa shape index (κ3) is 2.26. The van der Waals surface area contributed by atoms with Crippen molar-refractivity contribution in [3.63, 3.8) is 0 Å². The van der Waals surface area contributed by atoms with Crippen molar-refractivity contribution in [1.82, 2.24) is 0 Å². The summed E-state index contributed by atoms with van der Waals surface area (Å²) in [5.41, 5.74) is -0.0535. The second-order valence-electron chi connectivity index (χ2n) is 4.90. The van der Waals surface area contributed by atoms with Crippen molar-refractivity contribution < 1.29 is 14.1 Å². The van der Waals surface area contributed by atoms with E-state index in [9.17, 15) is 14.5 Å². The largest absolute Gasteiger partial charge is 0.374 e. The zero-order chi connectivity index (χ0) is 13.6. The fraction of sp³-hybridized carbons (Fsp3) is 0.500. The van der Waals surface area contributed by atoms with Crippen LogP contribution in [0.25, 0.3) is 0 Å². The van der Waals surface area contributed by atoms with Crippen molar-refractivity contribution in [2.45, 2.75) is 37.5 Å². The summed E-state index contributed by atoms with van der Waals surface area (Å²) in [4.78, 5) is 10.3. The lowest BCUT2D eigenvalue weighted by atomic mass is 9.95. The Morgan fingerprint density at radius 1 is 1.47 bits per heavy atom. The Bertz CT molecular complexity index is 540. The molecule has 1 aromatic rings. The van der Waals surface area contributed by atoms with E-state index in [1.165, 1.54) is 6.07 Å². The standard InChI is InChI=1S/C12H12ClFN2O3/c13-7-4-9(11(16(17)18)5-8(7)14)15-10-3-6-1-2-12(10)19-6/h4-6,10,12,15H,1-3H2. The van der Waals surface area contributed by atoms with Crippen LogP contribution in [0.4, 0.5) is 15.8 Å². The van der Waals surface area contributed by atoms with Crippen LogP contribution in [0.2, 0.25) is 5.02 Å². The van der Waals surface area contributed by atoms with Crippen molar-refractivity contribution in [2.24, 2.45) is 0 Å². The first-order valence-corrected chi connectivity index (χ1v) is 6.48. The second-order valence-corrected chi connectivity index (χ2v) is 5.31. The quantitative estimate of drug-likeness (QED) is 0.685. The van der Waals surface area contributed by atoms with Gasteiger partial charge in [0.25, 0.3) is 5.69 Å². The van der Waals surface area contributed by atoms with Gasteiger partial charge >= 0.3 is 0 Å². The summed E-state index contributed by atoms with van der Waals surface area (Å²) < 4.78 is 19.0. The first kappa shape index (κ1) is 12.6. The summed E-state index contributed by atoms with van der Waals surface area (Å²) >= 11 is 5.69. The molecular weight excluding hydrogens is 275 g/mol. The number of benzene rings is 1. The van der Waals surface area contributed by atoms with Crippen LogP contribution in [0.15, 0.2) is 12.1 Å². The van der Waals surface area contributed by atoms with E-state index in [4.69, 9.17) is 16.3 Å². The van der Waals surface area contributed by atoms with Gasteiger partial charge in [-0.2, -0.15) is 0 Å². The van der Waals surface area contributed by atoms with Crippen LogP contribution in [-0.4, -0.2) is 23.2 Å².